The minimum absolute atomic E-state index is 0.389. The summed E-state index contributed by atoms with van der Waals surface area (Å²) in [6.07, 6.45) is 4.16. The molecule has 150 valence electrons. The second-order valence-electron chi connectivity index (χ2n) is 7.29. The minimum Gasteiger partial charge on any atom is -0.487 e. The number of aromatic nitrogens is 4. The maximum absolute atomic E-state index is 5.99. The molecule has 0 radical (unpaired) electrons. The number of ether oxygens (including phenoxy) is 1. The third-order valence-electron chi connectivity index (χ3n) is 5.10. The zero-order valence-electron chi connectivity index (χ0n) is 16.8. The minimum atomic E-state index is 0.389. The number of hydrogen-bond donors (Lipinski definition) is 0. The number of rotatable bonds is 7. The topological polar surface area (TPSA) is 66.0 Å². The van der Waals surface area contributed by atoms with Gasteiger partial charge in [-0.2, -0.15) is 0 Å². The highest BCUT2D eigenvalue weighted by Crippen LogP contribution is 2.30. The van der Waals surface area contributed by atoms with Crippen LogP contribution in [0.1, 0.15) is 25.5 Å². The maximum atomic E-state index is 5.99. The first-order valence-corrected chi connectivity index (χ1v) is 10.2. The lowest BCUT2D eigenvalue weighted by Gasteiger charge is -2.04. The fourth-order valence-corrected chi connectivity index (χ4v) is 3.47. The lowest BCUT2D eigenvalue weighted by molar-refractivity contribution is 0.301. The average Bonchev–Trinajstić information content (AvgIpc) is 3.44. The molecule has 0 fully saturated rings. The Bertz CT molecular complexity index is 1290. The van der Waals surface area contributed by atoms with E-state index in [4.69, 9.17) is 14.1 Å². The van der Waals surface area contributed by atoms with Gasteiger partial charge in [0.1, 0.15) is 23.6 Å². The van der Waals surface area contributed by atoms with Crippen LogP contribution in [0.5, 0.6) is 5.75 Å². The van der Waals surface area contributed by atoms with E-state index in [-0.39, 0.29) is 0 Å². The zero-order valence-corrected chi connectivity index (χ0v) is 16.8. The van der Waals surface area contributed by atoms with Crippen molar-refractivity contribution in [3.05, 3.63) is 72.6 Å². The second kappa shape index (κ2) is 7.99. The van der Waals surface area contributed by atoms with Crippen LogP contribution in [-0.2, 0) is 13.2 Å². The van der Waals surface area contributed by atoms with Gasteiger partial charge in [-0.3, -0.25) is 4.68 Å². The summed E-state index contributed by atoms with van der Waals surface area (Å²) in [6.45, 7) is 3.44. The summed E-state index contributed by atoms with van der Waals surface area (Å²) in [7, 11) is 0. The Hall–Kier alpha value is -3.67. The molecule has 6 nitrogen and oxygen atoms in total. The summed E-state index contributed by atoms with van der Waals surface area (Å²) in [4.78, 5) is 4.73. The molecule has 30 heavy (non-hydrogen) atoms. The predicted molar refractivity (Wildman–Crippen MR) is 116 cm³/mol. The Morgan fingerprint density at radius 2 is 1.87 bits per heavy atom. The van der Waals surface area contributed by atoms with Crippen LogP contribution in [-0.4, -0.2) is 20.0 Å². The van der Waals surface area contributed by atoms with Crippen molar-refractivity contribution in [2.24, 2.45) is 0 Å². The molecule has 0 spiro atoms. The Morgan fingerprint density at radius 1 is 1.00 bits per heavy atom. The lowest BCUT2D eigenvalue weighted by atomic mass is 10.1. The first-order chi connectivity index (χ1) is 14.8. The first kappa shape index (κ1) is 18.4. The van der Waals surface area contributed by atoms with Crippen LogP contribution in [0, 0.1) is 0 Å². The van der Waals surface area contributed by atoms with Crippen LogP contribution < -0.4 is 4.74 Å². The van der Waals surface area contributed by atoms with Crippen molar-refractivity contribution in [2.45, 2.75) is 32.9 Å². The van der Waals surface area contributed by atoms with Crippen LogP contribution in [0.25, 0.3) is 33.3 Å². The number of benzene rings is 3. The third kappa shape index (κ3) is 3.64. The summed E-state index contributed by atoms with van der Waals surface area (Å²) in [5.41, 5.74) is 3.40. The number of aryl methyl sites for hydroxylation is 1. The van der Waals surface area contributed by atoms with E-state index < -0.39 is 0 Å². The van der Waals surface area contributed by atoms with E-state index in [1.165, 1.54) is 0 Å². The van der Waals surface area contributed by atoms with E-state index in [2.05, 4.69) is 35.4 Å². The van der Waals surface area contributed by atoms with Crippen molar-refractivity contribution in [1.82, 2.24) is 20.0 Å². The second-order valence-corrected chi connectivity index (χ2v) is 7.29. The standard InChI is InChI=1S/C24H22N4O2/c1-2-3-14-28-15-19(26-27-28)16-29-20-11-8-18(9-12-20)24-25-23-21-7-5-4-6-17(21)10-13-22(23)30-24/h4-13,15H,2-3,14,16H2,1H3. The molecule has 5 aromatic rings. The summed E-state index contributed by atoms with van der Waals surface area (Å²) in [5.74, 6) is 1.37. The molecule has 0 atom stereocenters. The molecule has 0 aliphatic rings. The molecule has 0 N–H and O–H groups in total. The largest absolute Gasteiger partial charge is 0.487 e. The van der Waals surface area contributed by atoms with Crippen LogP contribution >= 0.6 is 0 Å². The first-order valence-electron chi connectivity index (χ1n) is 10.2. The summed E-state index contributed by atoms with van der Waals surface area (Å²) in [5, 5.41) is 10.5. The highest BCUT2D eigenvalue weighted by Gasteiger charge is 2.11. The lowest BCUT2D eigenvalue weighted by Crippen LogP contribution is -1.98. The summed E-state index contributed by atoms with van der Waals surface area (Å²) in [6, 6.07) is 20.0. The molecular formula is C24H22N4O2. The van der Waals surface area contributed by atoms with Gasteiger partial charge in [-0.1, -0.05) is 48.9 Å². The van der Waals surface area contributed by atoms with E-state index in [9.17, 15) is 0 Å². The maximum Gasteiger partial charge on any atom is 0.227 e. The van der Waals surface area contributed by atoms with Crippen molar-refractivity contribution in [3.63, 3.8) is 0 Å². The van der Waals surface area contributed by atoms with Gasteiger partial charge < -0.3 is 9.15 Å². The number of nitrogens with zero attached hydrogens (tertiary/aromatic N) is 4. The van der Waals surface area contributed by atoms with Gasteiger partial charge in [-0.25, -0.2) is 4.98 Å². The molecule has 2 heterocycles. The summed E-state index contributed by atoms with van der Waals surface area (Å²) < 4.78 is 13.7. The molecule has 0 saturated carbocycles. The number of fused-ring (bicyclic) bond motifs is 3. The van der Waals surface area contributed by atoms with Crippen LogP contribution in [0.15, 0.2) is 71.3 Å². The molecule has 0 bridgehead atoms. The van der Waals surface area contributed by atoms with E-state index in [1.807, 2.05) is 53.3 Å². The van der Waals surface area contributed by atoms with Crippen LogP contribution in [0.2, 0.25) is 0 Å². The quantitative estimate of drug-likeness (QED) is 0.356. The van der Waals surface area contributed by atoms with Crippen molar-refractivity contribution >= 4 is 21.9 Å². The van der Waals surface area contributed by atoms with Gasteiger partial charge in [0.05, 0.1) is 6.20 Å². The van der Waals surface area contributed by atoms with Gasteiger partial charge in [0.25, 0.3) is 0 Å². The van der Waals surface area contributed by atoms with Crippen LogP contribution in [0.3, 0.4) is 0 Å². The van der Waals surface area contributed by atoms with Gasteiger partial charge >= 0.3 is 0 Å². The van der Waals surface area contributed by atoms with E-state index in [0.29, 0.717) is 12.5 Å². The monoisotopic (exact) mass is 398 g/mol. The molecule has 0 unspecified atom stereocenters. The Kier molecular flexibility index (Phi) is 4.89. The third-order valence-corrected chi connectivity index (χ3v) is 5.10. The molecule has 3 aromatic carbocycles. The molecule has 5 rings (SSSR count). The van der Waals surface area contributed by atoms with Crippen molar-refractivity contribution < 1.29 is 9.15 Å². The smallest absolute Gasteiger partial charge is 0.227 e. The highest BCUT2D eigenvalue weighted by atomic mass is 16.5. The van der Waals surface area contributed by atoms with E-state index in [1.54, 1.807) is 0 Å². The van der Waals surface area contributed by atoms with Gasteiger partial charge in [-0.05, 0) is 42.1 Å². The Balaban J connectivity index is 1.31. The van der Waals surface area contributed by atoms with Gasteiger partial charge in [0.15, 0.2) is 5.58 Å². The summed E-state index contributed by atoms with van der Waals surface area (Å²) >= 11 is 0. The zero-order chi connectivity index (χ0) is 20.3. The number of unbranched alkanes of at least 4 members (excludes halogenated alkanes) is 1. The predicted octanol–water partition coefficient (Wildman–Crippen LogP) is 5.62. The fraction of sp³-hybridized carbons (Fsp3) is 0.208. The van der Waals surface area contributed by atoms with E-state index >= 15 is 0 Å². The van der Waals surface area contributed by atoms with Crippen LogP contribution in [0.4, 0.5) is 0 Å². The van der Waals surface area contributed by atoms with Crippen molar-refractivity contribution in [2.75, 3.05) is 0 Å². The highest BCUT2D eigenvalue weighted by molar-refractivity contribution is 6.03. The van der Waals surface area contributed by atoms with Crippen molar-refractivity contribution in [3.8, 4) is 17.2 Å². The molecule has 0 amide bonds. The molecular weight excluding hydrogens is 376 g/mol. The Labute approximate surface area is 174 Å². The van der Waals surface area contributed by atoms with Gasteiger partial charge in [-0.15, -0.1) is 5.10 Å². The average molecular weight is 398 g/mol. The number of hydrogen-bond acceptors (Lipinski definition) is 5. The SMILES string of the molecule is CCCCn1cc(COc2ccc(-c3nc4c(ccc5ccccc54)o3)cc2)nn1. The van der Waals surface area contributed by atoms with E-state index in [0.717, 1.165) is 58.3 Å². The molecule has 6 heteroatoms. The van der Waals surface area contributed by atoms with Crippen molar-refractivity contribution in [1.29, 1.82) is 0 Å². The van der Waals surface area contributed by atoms with Gasteiger partial charge in [0, 0.05) is 17.5 Å². The molecule has 0 aliphatic heterocycles. The molecule has 0 aliphatic carbocycles. The van der Waals surface area contributed by atoms with Gasteiger partial charge in [0.2, 0.25) is 5.89 Å². The molecule has 0 saturated heterocycles. The fourth-order valence-electron chi connectivity index (χ4n) is 3.47. The molecule has 2 aromatic heterocycles. The Morgan fingerprint density at radius 3 is 2.73 bits per heavy atom. The normalized spacial score (nSPS) is 11.4. The number of oxazole rings is 1.